The van der Waals surface area contributed by atoms with Gasteiger partial charge in [0, 0.05) is 19.5 Å². The summed E-state index contributed by atoms with van der Waals surface area (Å²) in [4.78, 5) is 23.9. The van der Waals surface area contributed by atoms with E-state index in [-0.39, 0.29) is 12.7 Å². The summed E-state index contributed by atoms with van der Waals surface area (Å²) in [6, 6.07) is 12.8. The van der Waals surface area contributed by atoms with Crippen LogP contribution in [0.25, 0.3) is 11.1 Å². The van der Waals surface area contributed by atoms with E-state index >= 15 is 0 Å². The average Bonchev–Trinajstić information content (AvgIpc) is 3.24. The highest BCUT2D eigenvalue weighted by atomic mass is 16.7. The number of oxazole rings is 1. The van der Waals surface area contributed by atoms with Crippen molar-refractivity contribution in [1.29, 1.82) is 0 Å². The van der Waals surface area contributed by atoms with E-state index in [4.69, 9.17) is 13.9 Å². The Bertz CT molecular complexity index is 1000. The van der Waals surface area contributed by atoms with Crippen molar-refractivity contribution in [1.82, 2.24) is 9.88 Å². The van der Waals surface area contributed by atoms with Gasteiger partial charge in [0.15, 0.2) is 17.1 Å². The van der Waals surface area contributed by atoms with Crippen LogP contribution in [0.1, 0.15) is 18.4 Å². The van der Waals surface area contributed by atoms with Crippen LogP contribution in [-0.4, -0.2) is 17.3 Å². The number of hydrogen-bond donors (Lipinski definition) is 1. The molecule has 0 unspecified atom stereocenters. The molecule has 7 nitrogen and oxygen atoms in total. The number of ether oxygens (including phenoxy) is 2. The number of nitrogens with zero attached hydrogens (tertiary/aromatic N) is 1. The van der Waals surface area contributed by atoms with Crippen LogP contribution in [0.4, 0.5) is 0 Å². The van der Waals surface area contributed by atoms with Crippen molar-refractivity contribution < 1.29 is 18.7 Å². The van der Waals surface area contributed by atoms with Crippen LogP contribution < -0.4 is 20.5 Å². The molecular formula is C19H18N2O5. The molecular weight excluding hydrogens is 336 g/mol. The van der Waals surface area contributed by atoms with E-state index in [1.807, 2.05) is 36.4 Å². The standard InChI is InChI=1S/C19H18N2O5/c22-18(20-11-13-7-8-16-17(10-13)25-12-24-16)6-3-9-21-14-4-1-2-5-15(14)26-19(21)23/h1-2,4-5,7-8,10H,3,6,9,11-12H2,(H,20,22). The van der Waals surface area contributed by atoms with Crippen LogP contribution in [0.2, 0.25) is 0 Å². The van der Waals surface area contributed by atoms with Gasteiger partial charge >= 0.3 is 5.76 Å². The molecule has 26 heavy (non-hydrogen) atoms. The zero-order valence-corrected chi connectivity index (χ0v) is 14.1. The minimum atomic E-state index is -0.396. The number of benzene rings is 2. The highest BCUT2D eigenvalue weighted by molar-refractivity contribution is 5.76. The molecule has 0 radical (unpaired) electrons. The van der Waals surface area contributed by atoms with Gasteiger partial charge in [-0.3, -0.25) is 9.36 Å². The number of aromatic nitrogens is 1. The Morgan fingerprint density at radius 3 is 2.88 bits per heavy atom. The molecule has 2 heterocycles. The number of amides is 1. The predicted molar refractivity (Wildman–Crippen MR) is 94.1 cm³/mol. The van der Waals surface area contributed by atoms with Gasteiger partial charge in [-0.15, -0.1) is 0 Å². The van der Waals surface area contributed by atoms with Crippen LogP contribution in [0.15, 0.2) is 51.7 Å². The van der Waals surface area contributed by atoms with Gasteiger partial charge in [0.25, 0.3) is 0 Å². The summed E-state index contributed by atoms with van der Waals surface area (Å²) < 4.78 is 17.3. The van der Waals surface area contributed by atoms with E-state index in [9.17, 15) is 9.59 Å². The van der Waals surface area contributed by atoms with Gasteiger partial charge in [-0.25, -0.2) is 4.79 Å². The number of para-hydroxylation sites is 2. The molecule has 0 saturated heterocycles. The predicted octanol–water partition coefficient (Wildman–Crippen LogP) is 2.42. The highest BCUT2D eigenvalue weighted by Gasteiger charge is 2.13. The maximum absolute atomic E-state index is 12.0. The van der Waals surface area contributed by atoms with Crippen molar-refractivity contribution in [2.45, 2.75) is 25.9 Å². The number of hydrogen-bond acceptors (Lipinski definition) is 5. The second-order valence-electron chi connectivity index (χ2n) is 6.06. The van der Waals surface area contributed by atoms with E-state index in [2.05, 4.69) is 5.32 Å². The van der Waals surface area contributed by atoms with Crippen LogP contribution in [-0.2, 0) is 17.9 Å². The Morgan fingerprint density at radius 1 is 1.12 bits per heavy atom. The number of carbonyl (C=O) groups excluding carboxylic acids is 1. The lowest BCUT2D eigenvalue weighted by molar-refractivity contribution is -0.121. The molecule has 0 bridgehead atoms. The van der Waals surface area contributed by atoms with Crippen LogP contribution in [0, 0.1) is 0 Å². The van der Waals surface area contributed by atoms with E-state index in [0.29, 0.717) is 37.3 Å². The molecule has 1 amide bonds. The summed E-state index contributed by atoms with van der Waals surface area (Å²) in [5.74, 6) is 0.955. The van der Waals surface area contributed by atoms with Gasteiger partial charge in [-0.2, -0.15) is 0 Å². The first-order chi connectivity index (χ1) is 12.7. The molecule has 1 aliphatic rings. The molecule has 4 rings (SSSR count). The number of fused-ring (bicyclic) bond motifs is 2. The number of rotatable bonds is 6. The monoisotopic (exact) mass is 354 g/mol. The highest BCUT2D eigenvalue weighted by Crippen LogP contribution is 2.32. The molecule has 0 aliphatic carbocycles. The van der Waals surface area contributed by atoms with Crippen molar-refractivity contribution >= 4 is 17.0 Å². The Balaban J connectivity index is 1.29. The normalized spacial score (nSPS) is 12.5. The second kappa shape index (κ2) is 6.95. The quantitative estimate of drug-likeness (QED) is 0.735. The molecule has 0 spiro atoms. The third-order valence-corrected chi connectivity index (χ3v) is 4.29. The summed E-state index contributed by atoms with van der Waals surface area (Å²) in [5.41, 5.74) is 2.25. The largest absolute Gasteiger partial charge is 0.454 e. The Morgan fingerprint density at radius 2 is 1.96 bits per heavy atom. The Hall–Kier alpha value is -3.22. The van der Waals surface area contributed by atoms with E-state index < -0.39 is 5.76 Å². The summed E-state index contributed by atoms with van der Waals surface area (Å²) in [6.07, 6.45) is 0.882. The first kappa shape index (κ1) is 16.3. The van der Waals surface area contributed by atoms with Crippen molar-refractivity contribution in [3.05, 3.63) is 58.6 Å². The van der Waals surface area contributed by atoms with E-state index in [1.165, 1.54) is 0 Å². The number of carbonyl (C=O) groups is 1. The Kier molecular flexibility index (Phi) is 4.35. The lowest BCUT2D eigenvalue weighted by Gasteiger charge is -2.07. The fourth-order valence-electron chi connectivity index (χ4n) is 2.96. The zero-order valence-electron chi connectivity index (χ0n) is 14.1. The molecule has 0 fully saturated rings. The van der Waals surface area contributed by atoms with Crippen molar-refractivity contribution in [2.24, 2.45) is 0 Å². The maximum atomic E-state index is 12.0. The average molecular weight is 354 g/mol. The third kappa shape index (κ3) is 3.28. The van der Waals surface area contributed by atoms with E-state index in [1.54, 1.807) is 10.6 Å². The van der Waals surface area contributed by atoms with Crippen molar-refractivity contribution in [3.63, 3.8) is 0 Å². The van der Waals surface area contributed by atoms with Crippen LogP contribution in [0.3, 0.4) is 0 Å². The van der Waals surface area contributed by atoms with Crippen molar-refractivity contribution in [3.8, 4) is 11.5 Å². The van der Waals surface area contributed by atoms with Crippen LogP contribution in [0.5, 0.6) is 11.5 Å². The van der Waals surface area contributed by atoms with Crippen molar-refractivity contribution in [2.75, 3.05) is 6.79 Å². The fraction of sp³-hybridized carbons (Fsp3) is 0.263. The van der Waals surface area contributed by atoms with Gasteiger partial charge < -0.3 is 19.2 Å². The van der Waals surface area contributed by atoms with E-state index in [0.717, 1.165) is 16.8 Å². The van der Waals surface area contributed by atoms with Gasteiger partial charge in [-0.1, -0.05) is 18.2 Å². The molecule has 0 atom stereocenters. The maximum Gasteiger partial charge on any atom is 0.419 e. The number of aryl methyl sites for hydroxylation is 1. The summed E-state index contributed by atoms with van der Waals surface area (Å²) >= 11 is 0. The van der Waals surface area contributed by atoms with Gasteiger partial charge in [0.2, 0.25) is 12.7 Å². The number of nitrogens with one attached hydrogen (secondary N) is 1. The minimum absolute atomic E-state index is 0.0662. The first-order valence-electron chi connectivity index (χ1n) is 8.44. The lowest BCUT2D eigenvalue weighted by atomic mass is 10.2. The minimum Gasteiger partial charge on any atom is -0.454 e. The molecule has 134 valence electrons. The SMILES string of the molecule is O=C(CCCn1c(=O)oc2ccccc21)NCc1ccc2c(c1)OCO2. The molecule has 0 saturated carbocycles. The topological polar surface area (TPSA) is 82.7 Å². The molecule has 2 aromatic carbocycles. The first-order valence-corrected chi connectivity index (χ1v) is 8.44. The fourth-order valence-corrected chi connectivity index (χ4v) is 2.96. The molecule has 3 aromatic rings. The van der Waals surface area contributed by atoms with Gasteiger partial charge in [0.05, 0.1) is 5.52 Å². The second-order valence-corrected chi connectivity index (χ2v) is 6.06. The molecule has 1 aliphatic heterocycles. The molecule has 1 aromatic heterocycles. The molecule has 1 N–H and O–H groups in total. The summed E-state index contributed by atoms with van der Waals surface area (Å²) in [6.45, 7) is 1.09. The summed E-state index contributed by atoms with van der Waals surface area (Å²) in [7, 11) is 0. The lowest BCUT2D eigenvalue weighted by Crippen LogP contribution is -2.23. The van der Waals surface area contributed by atoms with Gasteiger partial charge in [-0.05, 0) is 36.2 Å². The zero-order chi connectivity index (χ0) is 17.9. The molecule has 7 heteroatoms. The van der Waals surface area contributed by atoms with Crippen LogP contribution >= 0.6 is 0 Å². The van der Waals surface area contributed by atoms with Gasteiger partial charge in [0.1, 0.15) is 0 Å². The Labute approximate surface area is 149 Å². The summed E-state index contributed by atoms with van der Waals surface area (Å²) in [5, 5.41) is 2.88. The third-order valence-electron chi connectivity index (χ3n) is 4.29. The smallest absolute Gasteiger partial charge is 0.419 e.